The van der Waals surface area contributed by atoms with Crippen molar-refractivity contribution in [1.82, 2.24) is 0 Å². The zero-order chi connectivity index (χ0) is 5.11. The van der Waals surface area contributed by atoms with Gasteiger partial charge in [0.2, 0.25) is 0 Å². The number of hydrogen-bond acceptors (Lipinski definition) is 1. The Morgan fingerprint density at radius 3 is 2.62 bits per heavy atom. The van der Waals surface area contributed by atoms with Crippen LogP contribution in [0.2, 0.25) is 0 Å². The van der Waals surface area contributed by atoms with Gasteiger partial charge in [0.1, 0.15) is 0 Å². The van der Waals surface area contributed by atoms with Crippen LogP contribution in [0.5, 0.6) is 0 Å². The molecule has 0 radical (unpaired) electrons. The van der Waals surface area contributed by atoms with Gasteiger partial charge in [-0.05, 0) is 19.3 Å². The van der Waals surface area contributed by atoms with Gasteiger partial charge in [-0.1, -0.05) is 14.4 Å². The van der Waals surface area contributed by atoms with Gasteiger partial charge in [0, 0.05) is 6.61 Å². The molecular weight excluding hydrogens is 100 g/mol. The van der Waals surface area contributed by atoms with Crippen molar-refractivity contribution in [3.8, 4) is 0 Å². The SMILES string of the molecule is C.CCC1CCCO1. The molecule has 1 heterocycles. The molecule has 1 saturated heterocycles. The van der Waals surface area contributed by atoms with Gasteiger partial charge in [0.15, 0.2) is 0 Å². The van der Waals surface area contributed by atoms with Crippen molar-refractivity contribution in [3.05, 3.63) is 0 Å². The minimum atomic E-state index is 0. The van der Waals surface area contributed by atoms with Crippen molar-refractivity contribution in [3.63, 3.8) is 0 Å². The van der Waals surface area contributed by atoms with E-state index in [1.807, 2.05) is 0 Å². The van der Waals surface area contributed by atoms with E-state index in [4.69, 9.17) is 4.74 Å². The second kappa shape index (κ2) is 3.90. The highest BCUT2D eigenvalue weighted by molar-refractivity contribution is 4.60. The summed E-state index contributed by atoms with van der Waals surface area (Å²) in [6.45, 7) is 3.18. The zero-order valence-corrected chi connectivity index (χ0v) is 4.81. The summed E-state index contributed by atoms with van der Waals surface area (Å²) in [6, 6.07) is 0. The van der Waals surface area contributed by atoms with Crippen LogP contribution in [-0.2, 0) is 4.74 Å². The molecule has 1 fully saturated rings. The van der Waals surface area contributed by atoms with Gasteiger partial charge in [-0.3, -0.25) is 0 Å². The van der Waals surface area contributed by atoms with E-state index < -0.39 is 0 Å². The van der Waals surface area contributed by atoms with Crippen LogP contribution in [-0.4, -0.2) is 12.7 Å². The summed E-state index contributed by atoms with van der Waals surface area (Å²) in [5, 5.41) is 0. The molecule has 0 aliphatic carbocycles. The summed E-state index contributed by atoms with van der Waals surface area (Å²) in [6.07, 6.45) is 4.36. The molecule has 0 aromatic rings. The average Bonchev–Trinajstić information content (AvgIpc) is 2.14. The van der Waals surface area contributed by atoms with Gasteiger partial charge in [-0.15, -0.1) is 0 Å². The Bertz CT molecular complexity index is 46.3. The average molecular weight is 116 g/mol. The van der Waals surface area contributed by atoms with E-state index in [1.165, 1.54) is 19.3 Å². The Morgan fingerprint density at radius 2 is 2.38 bits per heavy atom. The summed E-state index contributed by atoms with van der Waals surface area (Å²) in [7, 11) is 0. The highest BCUT2D eigenvalue weighted by Gasteiger charge is 2.11. The van der Waals surface area contributed by atoms with Crippen LogP contribution < -0.4 is 0 Å². The molecular formula is C7H16O. The molecule has 0 saturated carbocycles. The van der Waals surface area contributed by atoms with E-state index in [-0.39, 0.29) is 7.43 Å². The molecule has 1 unspecified atom stereocenters. The Labute approximate surface area is 52.0 Å². The fourth-order valence-electron chi connectivity index (χ4n) is 0.966. The van der Waals surface area contributed by atoms with Crippen LogP contribution in [0.25, 0.3) is 0 Å². The lowest BCUT2D eigenvalue weighted by molar-refractivity contribution is 0.108. The number of ether oxygens (including phenoxy) is 1. The summed E-state index contributed by atoms with van der Waals surface area (Å²) in [4.78, 5) is 0. The van der Waals surface area contributed by atoms with Crippen LogP contribution >= 0.6 is 0 Å². The van der Waals surface area contributed by atoms with Crippen molar-refractivity contribution in [2.24, 2.45) is 0 Å². The zero-order valence-electron chi connectivity index (χ0n) is 4.81. The van der Waals surface area contributed by atoms with Crippen molar-refractivity contribution >= 4 is 0 Å². The Hall–Kier alpha value is -0.0400. The van der Waals surface area contributed by atoms with Gasteiger partial charge < -0.3 is 4.74 Å². The molecule has 0 bridgehead atoms. The molecule has 0 aromatic heterocycles. The van der Waals surface area contributed by atoms with Crippen LogP contribution in [0.1, 0.15) is 33.6 Å². The topological polar surface area (TPSA) is 9.23 Å². The largest absolute Gasteiger partial charge is 0.378 e. The lowest BCUT2D eigenvalue weighted by Gasteiger charge is -2.01. The molecule has 1 atom stereocenters. The van der Waals surface area contributed by atoms with Crippen molar-refractivity contribution < 1.29 is 4.74 Å². The van der Waals surface area contributed by atoms with E-state index in [0.717, 1.165) is 6.61 Å². The van der Waals surface area contributed by atoms with Gasteiger partial charge >= 0.3 is 0 Å². The monoisotopic (exact) mass is 116 g/mol. The molecule has 0 amide bonds. The Morgan fingerprint density at radius 1 is 1.62 bits per heavy atom. The van der Waals surface area contributed by atoms with Crippen LogP contribution in [0.15, 0.2) is 0 Å². The van der Waals surface area contributed by atoms with Crippen LogP contribution in [0.4, 0.5) is 0 Å². The van der Waals surface area contributed by atoms with Gasteiger partial charge in [-0.2, -0.15) is 0 Å². The highest BCUT2D eigenvalue weighted by Crippen LogP contribution is 2.13. The smallest absolute Gasteiger partial charge is 0.0573 e. The van der Waals surface area contributed by atoms with Crippen molar-refractivity contribution in [1.29, 1.82) is 0 Å². The third kappa shape index (κ3) is 1.83. The Balaban J connectivity index is 0.000000490. The summed E-state index contributed by atoms with van der Waals surface area (Å²) in [5.41, 5.74) is 0. The van der Waals surface area contributed by atoms with Gasteiger partial charge in [0.25, 0.3) is 0 Å². The highest BCUT2D eigenvalue weighted by atomic mass is 16.5. The fraction of sp³-hybridized carbons (Fsp3) is 1.00. The molecule has 0 spiro atoms. The fourth-order valence-corrected chi connectivity index (χ4v) is 0.966. The van der Waals surface area contributed by atoms with E-state index in [2.05, 4.69) is 6.92 Å². The number of hydrogen-bond donors (Lipinski definition) is 0. The summed E-state index contributed by atoms with van der Waals surface area (Å²) < 4.78 is 5.30. The van der Waals surface area contributed by atoms with E-state index >= 15 is 0 Å². The molecule has 0 N–H and O–H groups in total. The first-order valence-electron chi connectivity index (χ1n) is 3.05. The minimum Gasteiger partial charge on any atom is -0.378 e. The second-order valence-corrected chi connectivity index (χ2v) is 2.04. The first kappa shape index (κ1) is 7.96. The lowest BCUT2D eigenvalue weighted by atomic mass is 10.2. The normalized spacial score (nSPS) is 27.4. The van der Waals surface area contributed by atoms with E-state index in [0.29, 0.717) is 6.10 Å². The van der Waals surface area contributed by atoms with E-state index in [9.17, 15) is 0 Å². The molecule has 0 aromatic carbocycles. The van der Waals surface area contributed by atoms with Crippen LogP contribution in [0.3, 0.4) is 0 Å². The molecule has 1 rings (SSSR count). The lowest BCUT2D eigenvalue weighted by Crippen LogP contribution is -2.00. The van der Waals surface area contributed by atoms with E-state index in [1.54, 1.807) is 0 Å². The Kier molecular flexibility index (Phi) is 3.88. The molecule has 1 heteroatoms. The summed E-state index contributed by atoms with van der Waals surface area (Å²) >= 11 is 0. The molecule has 8 heavy (non-hydrogen) atoms. The van der Waals surface area contributed by atoms with Gasteiger partial charge in [0.05, 0.1) is 6.10 Å². The van der Waals surface area contributed by atoms with Crippen molar-refractivity contribution in [2.45, 2.75) is 39.7 Å². The summed E-state index contributed by atoms with van der Waals surface area (Å²) in [5.74, 6) is 0. The molecule has 1 nitrogen and oxygen atoms in total. The molecule has 1 aliphatic rings. The molecule has 50 valence electrons. The third-order valence-corrected chi connectivity index (χ3v) is 1.48. The van der Waals surface area contributed by atoms with Crippen molar-refractivity contribution in [2.75, 3.05) is 6.61 Å². The maximum Gasteiger partial charge on any atom is 0.0573 e. The second-order valence-electron chi connectivity index (χ2n) is 2.04. The number of rotatable bonds is 1. The maximum atomic E-state index is 5.30. The predicted octanol–water partition coefficient (Wildman–Crippen LogP) is 2.21. The molecule has 1 aliphatic heterocycles. The first-order chi connectivity index (χ1) is 3.43. The standard InChI is InChI=1S/C6H12O.CH4/c1-2-6-4-3-5-7-6;/h6H,2-5H2,1H3;1H4. The third-order valence-electron chi connectivity index (χ3n) is 1.48. The van der Waals surface area contributed by atoms with Gasteiger partial charge in [-0.25, -0.2) is 0 Å². The maximum absolute atomic E-state index is 5.30. The van der Waals surface area contributed by atoms with Crippen LogP contribution in [0, 0.1) is 0 Å². The minimum absolute atomic E-state index is 0. The first-order valence-corrected chi connectivity index (χ1v) is 3.05. The quantitative estimate of drug-likeness (QED) is 0.510. The predicted molar refractivity (Wildman–Crippen MR) is 36.0 cm³/mol.